The zero-order valence-corrected chi connectivity index (χ0v) is 15.6. The van der Waals surface area contributed by atoms with Crippen molar-refractivity contribution in [2.75, 3.05) is 18.4 Å². The van der Waals surface area contributed by atoms with Gasteiger partial charge in [-0.3, -0.25) is 9.59 Å². The highest BCUT2D eigenvalue weighted by Gasteiger charge is 2.33. The SMILES string of the molecule is CCN(CC(=O)Nc1ccccc1C(F)(F)F)C(=O)Cc1c(F)cccc1Cl. The second-order valence-corrected chi connectivity index (χ2v) is 6.28. The number of hydrogen-bond donors (Lipinski definition) is 1. The average molecular weight is 417 g/mol. The predicted octanol–water partition coefficient (Wildman–Crippen LogP) is 4.53. The molecule has 0 atom stereocenters. The highest BCUT2D eigenvalue weighted by Crippen LogP contribution is 2.34. The molecule has 2 aromatic rings. The first kappa shape index (κ1) is 21.7. The van der Waals surface area contributed by atoms with E-state index in [2.05, 4.69) is 5.32 Å². The molecule has 0 bridgehead atoms. The van der Waals surface area contributed by atoms with E-state index in [1.54, 1.807) is 6.92 Å². The minimum atomic E-state index is -4.63. The maximum atomic E-state index is 13.8. The molecule has 0 fully saturated rings. The Kier molecular flexibility index (Phi) is 7.01. The molecule has 0 aromatic heterocycles. The molecular formula is C19H17ClF4N2O2. The summed E-state index contributed by atoms with van der Waals surface area (Å²) >= 11 is 5.90. The second-order valence-electron chi connectivity index (χ2n) is 5.88. The predicted molar refractivity (Wildman–Crippen MR) is 97.4 cm³/mol. The zero-order chi connectivity index (χ0) is 20.9. The van der Waals surface area contributed by atoms with E-state index in [1.165, 1.54) is 24.3 Å². The van der Waals surface area contributed by atoms with Gasteiger partial charge in [0, 0.05) is 17.1 Å². The van der Waals surface area contributed by atoms with Crippen molar-refractivity contribution in [2.45, 2.75) is 19.5 Å². The first-order valence-corrected chi connectivity index (χ1v) is 8.68. The van der Waals surface area contributed by atoms with E-state index in [4.69, 9.17) is 11.6 Å². The molecule has 0 spiro atoms. The van der Waals surface area contributed by atoms with E-state index in [0.29, 0.717) is 0 Å². The molecule has 1 N–H and O–H groups in total. The Morgan fingerprint density at radius 2 is 1.79 bits per heavy atom. The van der Waals surface area contributed by atoms with Crippen molar-refractivity contribution in [3.8, 4) is 0 Å². The number of likely N-dealkylation sites (N-methyl/N-ethyl adjacent to an activating group) is 1. The van der Waals surface area contributed by atoms with Gasteiger partial charge in [-0.2, -0.15) is 13.2 Å². The largest absolute Gasteiger partial charge is 0.418 e. The molecule has 0 radical (unpaired) electrons. The standard InChI is InChI=1S/C19H17ClF4N2O2/c1-2-26(18(28)10-12-14(20)7-5-8-15(12)21)11-17(27)25-16-9-4-3-6-13(16)19(22,23)24/h3-9H,2,10-11H2,1H3,(H,25,27). The maximum absolute atomic E-state index is 13.8. The fourth-order valence-corrected chi connectivity index (χ4v) is 2.77. The van der Waals surface area contributed by atoms with Crippen LogP contribution in [-0.4, -0.2) is 29.8 Å². The Morgan fingerprint density at radius 1 is 1.11 bits per heavy atom. The summed E-state index contributed by atoms with van der Waals surface area (Å²) in [6, 6.07) is 8.52. The number of nitrogens with zero attached hydrogens (tertiary/aromatic N) is 1. The number of amides is 2. The molecule has 0 heterocycles. The average Bonchev–Trinajstić information content (AvgIpc) is 2.62. The molecule has 2 amide bonds. The summed E-state index contributed by atoms with van der Waals surface area (Å²) in [6.45, 7) is 1.23. The van der Waals surface area contributed by atoms with Gasteiger partial charge in [0.05, 0.1) is 24.2 Å². The fraction of sp³-hybridized carbons (Fsp3) is 0.263. The molecule has 0 saturated carbocycles. The number of carbonyl (C=O) groups excluding carboxylic acids is 2. The lowest BCUT2D eigenvalue weighted by molar-refractivity contribution is -0.137. The number of nitrogens with one attached hydrogen (secondary N) is 1. The summed E-state index contributed by atoms with van der Waals surface area (Å²) in [7, 11) is 0. The first-order valence-electron chi connectivity index (χ1n) is 8.30. The number of benzene rings is 2. The van der Waals surface area contributed by atoms with Crippen LogP contribution in [0.15, 0.2) is 42.5 Å². The van der Waals surface area contributed by atoms with Gasteiger partial charge in [0.15, 0.2) is 0 Å². The van der Waals surface area contributed by atoms with E-state index in [9.17, 15) is 27.2 Å². The van der Waals surface area contributed by atoms with Gasteiger partial charge >= 0.3 is 6.18 Å². The zero-order valence-electron chi connectivity index (χ0n) is 14.8. The molecule has 28 heavy (non-hydrogen) atoms. The quantitative estimate of drug-likeness (QED) is 0.703. The van der Waals surface area contributed by atoms with Crippen molar-refractivity contribution in [3.63, 3.8) is 0 Å². The number of carbonyl (C=O) groups is 2. The smallest absolute Gasteiger partial charge is 0.333 e. The summed E-state index contributed by atoms with van der Waals surface area (Å²) in [4.78, 5) is 25.7. The van der Waals surface area contributed by atoms with Gasteiger partial charge in [0.25, 0.3) is 0 Å². The lowest BCUT2D eigenvalue weighted by Crippen LogP contribution is -2.39. The van der Waals surface area contributed by atoms with Crippen LogP contribution in [0.4, 0.5) is 23.2 Å². The van der Waals surface area contributed by atoms with Gasteiger partial charge in [-0.05, 0) is 31.2 Å². The fourth-order valence-electron chi connectivity index (χ4n) is 2.54. The van der Waals surface area contributed by atoms with Crippen LogP contribution in [0.5, 0.6) is 0 Å². The van der Waals surface area contributed by atoms with Crippen molar-refractivity contribution in [1.29, 1.82) is 0 Å². The van der Waals surface area contributed by atoms with Crippen LogP contribution >= 0.6 is 11.6 Å². The Balaban J connectivity index is 2.09. The van der Waals surface area contributed by atoms with Crippen molar-refractivity contribution >= 4 is 29.1 Å². The molecule has 0 unspecified atom stereocenters. The van der Waals surface area contributed by atoms with Crippen LogP contribution < -0.4 is 5.32 Å². The second kappa shape index (κ2) is 9.05. The first-order chi connectivity index (χ1) is 13.1. The highest BCUT2D eigenvalue weighted by molar-refractivity contribution is 6.31. The van der Waals surface area contributed by atoms with Crippen LogP contribution in [0.2, 0.25) is 5.02 Å². The van der Waals surface area contributed by atoms with Gasteiger partial charge in [-0.15, -0.1) is 0 Å². The number of hydrogen-bond acceptors (Lipinski definition) is 2. The van der Waals surface area contributed by atoms with Crippen molar-refractivity contribution in [3.05, 3.63) is 64.4 Å². The minimum Gasteiger partial charge on any atom is -0.333 e. The van der Waals surface area contributed by atoms with Gasteiger partial charge in [0.2, 0.25) is 11.8 Å². The number of anilines is 1. The molecule has 0 aliphatic heterocycles. The molecule has 0 aliphatic carbocycles. The number of alkyl halides is 3. The Labute approximate surface area is 164 Å². The Hall–Kier alpha value is -2.61. The summed E-state index contributed by atoms with van der Waals surface area (Å²) in [5.41, 5.74) is -1.40. The van der Waals surface area contributed by atoms with E-state index in [1.807, 2.05) is 0 Å². The third-order valence-corrected chi connectivity index (χ3v) is 4.32. The number of rotatable bonds is 6. The number of halogens is 5. The minimum absolute atomic E-state index is 0.00422. The molecule has 2 aromatic carbocycles. The van der Waals surface area contributed by atoms with Gasteiger partial charge < -0.3 is 10.2 Å². The van der Waals surface area contributed by atoms with E-state index in [0.717, 1.165) is 23.1 Å². The maximum Gasteiger partial charge on any atom is 0.418 e. The van der Waals surface area contributed by atoms with Gasteiger partial charge in [-0.1, -0.05) is 29.8 Å². The summed E-state index contributed by atoms with van der Waals surface area (Å²) in [6.07, 6.45) is -5.00. The van der Waals surface area contributed by atoms with E-state index in [-0.39, 0.29) is 23.6 Å². The summed E-state index contributed by atoms with van der Waals surface area (Å²) in [5, 5.41) is 2.25. The highest BCUT2D eigenvalue weighted by atomic mass is 35.5. The topological polar surface area (TPSA) is 49.4 Å². The third kappa shape index (κ3) is 5.45. The van der Waals surface area contributed by atoms with Crippen molar-refractivity contribution in [2.24, 2.45) is 0 Å². The monoisotopic (exact) mass is 416 g/mol. The third-order valence-electron chi connectivity index (χ3n) is 3.97. The van der Waals surface area contributed by atoms with Crippen LogP contribution in [0.3, 0.4) is 0 Å². The van der Waals surface area contributed by atoms with Crippen LogP contribution in [0, 0.1) is 5.82 Å². The van der Waals surface area contributed by atoms with Crippen LogP contribution in [-0.2, 0) is 22.2 Å². The lowest BCUT2D eigenvalue weighted by atomic mass is 10.1. The summed E-state index contributed by atoms with van der Waals surface area (Å²) < 4.78 is 52.9. The molecule has 150 valence electrons. The summed E-state index contributed by atoms with van der Waals surface area (Å²) in [5.74, 6) is -2.03. The van der Waals surface area contributed by atoms with E-state index >= 15 is 0 Å². The Bertz CT molecular complexity index is 851. The van der Waals surface area contributed by atoms with Crippen molar-refractivity contribution in [1.82, 2.24) is 4.90 Å². The molecule has 9 heteroatoms. The molecule has 4 nitrogen and oxygen atoms in total. The normalized spacial score (nSPS) is 11.2. The lowest BCUT2D eigenvalue weighted by Gasteiger charge is -2.21. The number of para-hydroxylation sites is 1. The Morgan fingerprint density at radius 3 is 2.39 bits per heavy atom. The van der Waals surface area contributed by atoms with Crippen LogP contribution in [0.25, 0.3) is 0 Å². The van der Waals surface area contributed by atoms with Crippen LogP contribution in [0.1, 0.15) is 18.1 Å². The molecular weight excluding hydrogens is 400 g/mol. The van der Waals surface area contributed by atoms with Gasteiger partial charge in [-0.25, -0.2) is 4.39 Å². The molecule has 0 saturated heterocycles. The van der Waals surface area contributed by atoms with Gasteiger partial charge in [0.1, 0.15) is 5.82 Å². The van der Waals surface area contributed by atoms with E-state index < -0.39 is 41.6 Å². The molecule has 2 rings (SSSR count). The van der Waals surface area contributed by atoms with Crippen molar-refractivity contribution < 1.29 is 27.2 Å². The molecule has 0 aliphatic rings.